The molecule has 2 aliphatic rings. The quantitative estimate of drug-likeness (QED) is 0.602. The molecule has 1 aliphatic carbocycles. The van der Waals surface area contributed by atoms with E-state index in [4.69, 9.17) is 0 Å². The monoisotopic (exact) mass is 266 g/mol. The molecule has 2 atom stereocenters. The van der Waals surface area contributed by atoms with E-state index in [0.29, 0.717) is 24.0 Å². The molecule has 4 nitrogen and oxygen atoms in total. The fourth-order valence-corrected chi connectivity index (χ4v) is 2.83. The molecule has 0 aromatic carbocycles. The van der Waals surface area contributed by atoms with Gasteiger partial charge in [-0.3, -0.25) is 9.89 Å². The Morgan fingerprint density at radius 2 is 2.00 bits per heavy atom. The van der Waals surface area contributed by atoms with Gasteiger partial charge in [0.15, 0.2) is 5.96 Å². The molecule has 0 amide bonds. The molecular formula is C15H30N4. The second-order valence-corrected chi connectivity index (χ2v) is 6.37. The maximum atomic E-state index is 4.59. The summed E-state index contributed by atoms with van der Waals surface area (Å²) in [5.74, 6) is 1.71. The summed E-state index contributed by atoms with van der Waals surface area (Å²) in [6.45, 7) is 12.2. The molecule has 2 unspecified atom stereocenters. The van der Waals surface area contributed by atoms with E-state index in [0.717, 1.165) is 19.0 Å². The van der Waals surface area contributed by atoms with Crippen LogP contribution in [-0.2, 0) is 0 Å². The van der Waals surface area contributed by atoms with Crippen LogP contribution in [0.1, 0.15) is 47.0 Å². The van der Waals surface area contributed by atoms with Crippen molar-refractivity contribution < 1.29 is 0 Å². The van der Waals surface area contributed by atoms with Crippen molar-refractivity contribution in [2.75, 3.05) is 19.6 Å². The van der Waals surface area contributed by atoms with Crippen molar-refractivity contribution in [2.24, 2.45) is 10.9 Å². The van der Waals surface area contributed by atoms with Crippen molar-refractivity contribution >= 4 is 5.96 Å². The molecule has 0 spiro atoms. The highest BCUT2D eigenvalue weighted by molar-refractivity contribution is 5.80. The van der Waals surface area contributed by atoms with E-state index >= 15 is 0 Å². The Morgan fingerprint density at radius 3 is 2.47 bits per heavy atom. The molecule has 1 saturated carbocycles. The SMILES string of the molecule is CCN=C(NC1CCC1)NC1CN(C(C)C)CC1C. The van der Waals surface area contributed by atoms with Crippen LogP contribution in [0.3, 0.4) is 0 Å². The summed E-state index contributed by atoms with van der Waals surface area (Å²) < 4.78 is 0. The molecule has 0 aromatic rings. The molecular weight excluding hydrogens is 236 g/mol. The minimum absolute atomic E-state index is 0.528. The number of nitrogens with zero attached hydrogens (tertiary/aromatic N) is 2. The Kier molecular flexibility index (Phi) is 5.08. The first kappa shape index (κ1) is 14.6. The van der Waals surface area contributed by atoms with Crippen LogP contribution in [-0.4, -0.2) is 48.6 Å². The molecule has 1 aliphatic heterocycles. The molecule has 1 heterocycles. The third-order valence-corrected chi connectivity index (χ3v) is 4.46. The summed E-state index contributed by atoms with van der Waals surface area (Å²) in [6, 6.07) is 1.82. The van der Waals surface area contributed by atoms with Crippen LogP contribution in [0.25, 0.3) is 0 Å². The lowest BCUT2D eigenvalue weighted by molar-refractivity contribution is 0.265. The highest BCUT2D eigenvalue weighted by atomic mass is 15.3. The molecule has 2 N–H and O–H groups in total. The van der Waals surface area contributed by atoms with Gasteiger partial charge < -0.3 is 10.6 Å². The number of hydrogen-bond donors (Lipinski definition) is 2. The second-order valence-electron chi connectivity index (χ2n) is 6.37. The van der Waals surface area contributed by atoms with Crippen molar-refractivity contribution in [2.45, 2.75) is 65.1 Å². The average Bonchev–Trinajstić information content (AvgIpc) is 2.66. The van der Waals surface area contributed by atoms with Crippen LogP contribution in [0.4, 0.5) is 0 Å². The maximum Gasteiger partial charge on any atom is 0.191 e. The minimum atomic E-state index is 0.528. The predicted molar refractivity (Wildman–Crippen MR) is 81.5 cm³/mol. The lowest BCUT2D eigenvalue weighted by atomic mass is 9.93. The van der Waals surface area contributed by atoms with E-state index < -0.39 is 0 Å². The summed E-state index contributed by atoms with van der Waals surface area (Å²) in [6.07, 6.45) is 3.95. The Morgan fingerprint density at radius 1 is 1.26 bits per heavy atom. The van der Waals surface area contributed by atoms with Crippen LogP contribution >= 0.6 is 0 Å². The van der Waals surface area contributed by atoms with Crippen LogP contribution in [0.15, 0.2) is 4.99 Å². The lowest BCUT2D eigenvalue weighted by Crippen LogP contribution is -2.51. The van der Waals surface area contributed by atoms with Crippen molar-refractivity contribution in [3.05, 3.63) is 0 Å². The fourth-order valence-electron chi connectivity index (χ4n) is 2.83. The van der Waals surface area contributed by atoms with Gasteiger partial charge in [0.2, 0.25) is 0 Å². The molecule has 19 heavy (non-hydrogen) atoms. The van der Waals surface area contributed by atoms with Crippen molar-refractivity contribution in [3.8, 4) is 0 Å². The maximum absolute atomic E-state index is 4.59. The Balaban J connectivity index is 1.87. The van der Waals surface area contributed by atoms with Gasteiger partial charge in [-0.15, -0.1) is 0 Å². The standard InChI is InChI=1S/C15H30N4/c1-5-16-15(17-13-7-6-8-13)18-14-10-19(11(2)3)9-12(14)4/h11-14H,5-10H2,1-4H3,(H2,16,17,18). The smallest absolute Gasteiger partial charge is 0.191 e. The van der Waals surface area contributed by atoms with Gasteiger partial charge in [0.1, 0.15) is 0 Å². The number of guanidine groups is 1. The van der Waals surface area contributed by atoms with Gasteiger partial charge in [-0.25, -0.2) is 0 Å². The lowest BCUT2D eigenvalue weighted by Gasteiger charge is -2.30. The second kappa shape index (κ2) is 6.60. The number of aliphatic imine (C=N–C) groups is 1. The van der Waals surface area contributed by atoms with Crippen molar-refractivity contribution in [1.82, 2.24) is 15.5 Å². The van der Waals surface area contributed by atoms with E-state index in [2.05, 4.69) is 48.2 Å². The molecule has 0 radical (unpaired) electrons. The first-order valence-corrected chi connectivity index (χ1v) is 7.91. The highest BCUT2D eigenvalue weighted by Crippen LogP contribution is 2.20. The molecule has 110 valence electrons. The third-order valence-electron chi connectivity index (χ3n) is 4.46. The molecule has 1 saturated heterocycles. The van der Waals surface area contributed by atoms with E-state index in [-0.39, 0.29) is 0 Å². The van der Waals surface area contributed by atoms with Gasteiger partial charge in [0.25, 0.3) is 0 Å². The number of rotatable bonds is 4. The normalized spacial score (nSPS) is 29.6. The summed E-state index contributed by atoms with van der Waals surface area (Å²) in [4.78, 5) is 7.14. The van der Waals surface area contributed by atoms with Gasteiger partial charge in [-0.05, 0) is 46.0 Å². The average molecular weight is 266 g/mol. The Labute approximate surface area is 118 Å². The number of hydrogen-bond acceptors (Lipinski definition) is 2. The van der Waals surface area contributed by atoms with E-state index in [1.807, 2.05) is 0 Å². The molecule has 0 bridgehead atoms. The van der Waals surface area contributed by atoms with Crippen molar-refractivity contribution in [3.63, 3.8) is 0 Å². The molecule has 2 fully saturated rings. The number of nitrogens with one attached hydrogen (secondary N) is 2. The largest absolute Gasteiger partial charge is 0.354 e. The predicted octanol–water partition coefficient (Wildman–Crippen LogP) is 1.82. The van der Waals surface area contributed by atoms with Gasteiger partial charge in [0, 0.05) is 37.8 Å². The first-order valence-electron chi connectivity index (χ1n) is 7.91. The van der Waals surface area contributed by atoms with Gasteiger partial charge in [0.05, 0.1) is 0 Å². The van der Waals surface area contributed by atoms with Crippen LogP contribution < -0.4 is 10.6 Å². The van der Waals surface area contributed by atoms with E-state index in [9.17, 15) is 0 Å². The van der Waals surface area contributed by atoms with Crippen LogP contribution in [0, 0.1) is 5.92 Å². The molecule has 2 rings (SSSR count). The van der Waals surface area contributed by atoms with Gasteiger partial charge in [-0.2, -0.15) is 0 Å². The first-order chi connectivity index (χ1) is 9.10. The summed E-state index contributed by atoms with van der Waals surface area (Å²) in [5.41, 5.74) is 0. The number of likely N-dealkylation sites (tertiary alicyclic amines) is 1. The molecule has 0 aromatic heterocycles. The van der Waals surface area contributed by atoms with Gasteiger partial charge in [-0.1, -0.05) is 6.92 Å². The topological polar surface area (TPSA) is 39.7 Å². The summed E-state index contributed by atoms with van der Waals surface area (Å²) in [5, 5.41) is 7.21. The minimum Gasteiger partial charge on any atom is -0.354 e. The third kappa shape index (κ3) is 3.85. The van der Waals surface area contributed by atoms with E-state index in [1.165, 1.54) is 25.8 Å². The highest BCUT2D eigenvalue weighted by Gasteiger charge is 2.31. The Hall–Kier alpha value is -0.770. The zero-order valence-electron chi connectivity index (χ0n) is 12.9. The van der Waals surface area contributed by atoms with Gasteiger partial charge >= 0.3 is 0 Å². The zero-order valence-corrected chi connectivity index (χ0v) is 12.9. The fraction of sp³-hybridized carbons (Fsp3) is 0.933. The van der Waals surface area contributed by atoms with E-state index in [1.54, 1.807) is 0 Å². The summed E-state index contributed by atoms with van der Waals surface area (Å²) >= 11 is 0. The zero-order chi connectivity index (χ0) is 13.8. The summed E-state index contributed by atoms with van der Waals surface area (Å²) in [7, 11) is 0. The van der Waals surface area contributed by atoms with Crippen LogP contribution in [0.5, 0.6) is 0 Å². The Bertz CT molecular complexity index is 309. The van der Waals surface area contributed by atoms with Crippen molar-refractivity contribution in [1.29, 1.82) is 0 Å². The van der Waals surface area contributed by atoms with Crippen LogP contribution in [0.2, 0.25) is 0 Å². The molecule has 4 heteroatoms.